The number of carbonyl (C=O) groups is 1. The number of anilines is 2. The van der Waals surface area contributed by atoms with Crippen molar-refractivity contribution in [3.05, 3.63) is 59.9 Å². The van der Waals surface area contributed by atoms with Gasteiger partial charge in [-0.1, -0.05) is 30.3 Å². The molecule has 2 aromatic rings. The van der Waals surface area contributed by atoms with Crippen LogP contribution in [0.4, 0.5) is 20.6 Å². The molecule has 2 aliphatic rings. The lowest BCUT2D eigenvalue weighted by molar-refractivity contribution is 0.0195. The van der Waals surface area contributed by atoms with Crippen LogP contribution < -0.4 is 10.6 Å². The molecular weight excluding hydrogens is 369 g/mol. The fourth-order valence-electron chi connectivity index (χ4n) is 4.33. The molecule has 29 heavy (non-hydrogen) atoms. The van der Waals surface area contributed by atoms with Crippen LogP contribution in [0.15, 0.2) is 48.5 Å². The van der Waals surface area contributed by atoms with Gasteiger partial charge in [-0.2, -0.15) is 0 Å². The maximum absolute atomic E-state index is 14.3. The van der Waals surface area contributed by atoms with E-state index in [4.69, 9.17) is 10.5 Å². The van der Waals surface area contributed by atoms with Gasteiger partial charge in [0.15, 0.2) is 0 Å². The van der Waals surface area contributed by atoms with Crippen molar-refractivity contribution in [3.63, 3.8) is 0 Å². The van der Waals surface area contributed by atoms with E-state index in [9.17, 15) is 9.18 Å². The highest BCUT2D eigenvalue weighted by atomic mass is 19.1. The highest BCUT2D eigenvalue weighted by Gasteiger charge is 2.60. The summed E-state index contributed by atoms with van der Waals surface area (Å²) in [5, 5.41) is 0. The van der Waals surface area contributed by atoms with Crippen LogP contribution in [0.5, 0.6) is 0 Å². The Bertz CT molecular complexity index is 885. The summed E-state index contributed by atoms with van der Waals surface area (Å²) < 4.78 is 20.0. The van der Waals surface area contributed by atoms with E-state index in [1.165, 1.54) is 6.07 Å². The zero-order valence-electron chi connectivity index (χ0n) is 17.1. The molecule has 1 saturated carbocycles. The first kappa shape index (κ1) is 19.6. The number of carbonyl (C=O) groups excluding carboxylic acids is 1. The molecule has 0 bridgehead atoms. The summed E-state index contributed by atoms with van der Waals surface area (Å²) in [5.41, 5.74) is 7.20. The molecule has 2 N–H and O–H groups in total. The zero-order valence-corrected chi connectivity index (χ0v) is 17.1. The standard InChI is InChI=1S/C23H28FN3O2/c1-23(2,3)29-22(28)27(12-15-7-5-4-6-8-15)21-17-13-26(14-18(17)21)20-10-9-16(25)11-19(20)24/h4-11,17-18,21H,12-14,25H2,1-3H3/t17-,18+,21?. The Labute approximate surface area is 171 Å². The maximum atomic E-state index is 14.3. The molecule has 1 unspecified atom stereocenters. The number of nitrogen functional groups attached to an aromatic ring is 1. The molecule has 1 saturated heterocycles. The summed E-state index contributed by atoms with van der Waals surface area (Å²) in [6, 6.07) is 14.9. The lowest BCUT2D eigenvalue weighted by Gasteiger charge is -2.31. The maximum Gasteiger partial charge on any atom is 0.410 e. The molecule has 1 aliphatic carbocycles. The molecule has 4 rings (SSSR count). The molecule has 0 radical (unpaired) electrons. The fourth-order valence-corrected chi connectivity index (χ4v) is 4.33. The Kier molecular flexibility index (Phi) is 4.89. The van der Waals surface area contributed by atoms with Crippen molar-refractivity contribution in [1.29, 1.82) is 0 Å². The van der Waals surface area contributed by atoms with Crippen molar-refractivity contribution >= 4 is 17.5 Å². The molecule has 2 aromatic carbocycles. The number of nitrogens with zero attached hydrogens (tertiary/aromatic N) is 2. The van der Waals surface area contributed by atoms with Crippen LogP contribution >= 0.6 is 0 Å². The zero-order chi connectivity index (χ0) is 20.8. The van der Waals surface area contributed by atoms with Gasteiger partial charge in [-0.05, 0) is 44.5 Å². The Morgan fingerprint density at radius 3 is 2.41 bits per heavy atom. The minimum Gasteiger partial charge on any atom is -0.444 e. The SMILES string of the molecule is CC(C)(C)OC(=O)N(Cc1ccccc1)C1[C@H]2CN(c3ccc(N)cc3F)C[C@@H]12. The second kappa shape index (κ2) is 7.25. The summed E-state index contributed by atoms with van der Waals surface area (Å²) in [5.74, 6) is 0.350. The van der Waals surface area contributed by atoms with Crippen molar-refractivity contribution < 1.29 is 13.9 Å². The molecular formula is C23H28FN3O2. The number of benzene rings is 2. The Hall–Kier alpha value is -2.76. The summed E-state index contributed by atoms with van der Waals surface area (Å²) in [6.45, 7) is 7.61. The van der Waals surface area contributed by atoms with Gasteiger partial charge in [0.05, 0.1) is 5.69 Å². The number of nitrogens with two attached hydrogens (primary N) is 1. The van der Waals surface area contributed by atoms with Crippen molar-refractivity contribution in [2.24, 2.45) is 11.8 Å². The predicted molar refractivity (Wildman–Crippen MR) is 112 cm³/mol. The smallest absolute Gasteiger partial charge is 0.410 e. The van der Waals surface area contributed by atoms with Crippen LogP contribution in [0.3, 0.4) is 0 Å². The highest BCUT2D eigenvalue weighted by molar-refractivity contribution is 5.70. The topological polar surface area (TPSA) is 58.8 Å². The summed E-state index contributed by atoms with van der Waals surface area (Å²) in [6.07, 6.45) is -0.286. The monoisotopic (exact) mass is 397 g/mol. The number of fused-ring (bicyclic) bond motifs is 1. The molecule has 154 valence electrons. The Morgan fingerprint density at radius 2 is 1.83 bits per heavy atom. The Morgan fingerprint density at radius 1 is 1.17 bits per heavy atom. The summed E-state index contributed by atoms with van der Waals surface area (Å²) in [7, 11) is 0. The summed E-state index contributed by atoms with van der Waals surface area (Å²) in [4.78, 5) is 16.8. The van der Waals surface area contributed by atoms with Crippen molar-refractivity contribution in [3.8, 4) is 0 Å². The molecule has 1 heterocycles. The van der Waals surface area contributed by atoms with E-state index in [1.807, 2.05) is 56.0 Å². The van der Waals surface area contributed by atoms with Gasteiger partial charge in [-0.3, -0.25) is 0 Å². The predicted octanol–water partition coefficient (Wildman–Crippen LogP) is 4.28. The molecule has 1 amide bonds. The van der Waals surface area contributed by atoms with Crippen LogP contribution in [0.2, 0.25) is 0 Å². The minimum absolute atomic E-state index is 0.123. The quantitative estimate of drug-likeness (QED) is 0.783. The van der Waals surface area contributed by atoms with E-state index in [-0.39, 0.29) is 18.0 Å². The van der Waals surface area contributed by atoms with Crippen LogP contribution in [0.1, 0.15) is 26.3 Å². The van der Waals surface area contributed by atoms with Gasteiger partial charge in [0.25, 0.3) is 0 Å². The van der Waals surface area contributed by atoms with Crippen molar-refractivity contribution in [1.82, 2.24) is 4.90 Å². The highest BCUT2D eigenvalue weighted by Crippen LogP contribution is 2.51. The summed E-state index contributed by atoms with van der Waals surface area (Å²) >= 11 is 0. The number of halogens is 1. The lowest BCUT2D eigenvalue weighted by Crippen LogP contribution is -2.41. The number of hydrogen-bond donors (Lipinski definition) is 1. The van der Waals surface area contributed by atoms with Gasteiger partial charge in [-0.25, -0.2) is 9.18 Å². The first-order valence-corrected chi connectivity index (χ1v) is 10.1. The van der Waals surface area contributed by atoms with Crippen molar-refractivity contribution in [2.45, 2.75) is 39.0 Å². The third-order valence-electron chi connectivity index (χ3n) is 5.64. The average molecular weight is 397 g/mol. The molecule has 1 aliphatic heterocycles. The molecule has 0 aromatic heterocycles. The molecule has 5 nitrogen and oxygen atoms in total. The van der Waals surface area contributed by atoms with E-state index < -0.39 is 5.60 Å². The van der Waals surface area contributed by atoms with Gasteiger partial charge in [0.2, 0.25) is 0 Å². The van der Waals surface area contributed by atoms with E-state index in [1.54, 1.807) is 12.1 Å². The molecule has 2 fully saturated rings. The number of ether oxygens (including phenoxy) is 1. The second-order valence-electron chi connectivity index (χ2n) is 9.03. The number of piperidine rings is 1. The number of hydrogen-bond acceptors (Lipinski definition) is 4. The lowest BCUT2D eigenvalue weighted by atomic mass is 10.2. The third-order valence-corrected chi connectivity index (χ3v) is 5.64. The van der Waals surface area contributed by atoms with Crippen LogP contribution in [0.25, 0.3) is 0 Å². The number of amides is 1. The van der Waals surface area contributed by atoms with E-state index >= 15 is 0 Å². The molecule has 6 heteroatoms. The van der Waals surface area contributed by atoms with Gasteiger partial charge < -0.3 is 20.3 Å². The van der Waals surface area contributed by atoms with E-state index in [0.717, 1.165) is 18.7 Å². The van der Waals surface area contributed by atoms with E-state index in [2.05, 4.69) is 4.90 Å². The first-order valence-electron chi connectivity index (χ1n) is 10.1. The van der Waals surface area contributed by atoms with Gasteiger partial charge >= 0.3 is 6.09 Å². The molecule has 3 atom stereocenters. The molecule has 0 spiro atoms. The van der Waals surface area contributed by atoms with Gasteiger partial charge in [-0.15, -0.1) is 0 Å². The minimum atomic E-state index is -0.546. The largest absolute Gasteiger partial charge is 0.444 e. The fraction of sp³-hybridized carbons (Fsp3) is 0.435. The van der Waals surface area contributed by atoms with Crippen LogP contribution in [-0.2, 0) is 11.3 Å². The third kappa shape index (κ3) is 4.16. The first-order chi connectivity index (χ1) is 13.7. The van der Waals surface area contributed by atoms with Crippen LogP contribution in [-0.4, -0.2) is 35.7 Å². The normalized spacial score (nSPS) is 22.9. The van der Waals surface area contributed by atoms with Crippen molar-refractivity contribution in [2.75, 3.05) is 23.7 Å². The van der Waals surface area contributed by atoms with Crippen LogP contribution in [0, 0.1) is 17.7 Å². The van der Waals surface area contributed by atoms with E-state index in [0.29, 0.717) is 29.8 Å². The van der Waals surface area contributed by atoms with Gasteiger partial charge in [0, 0.05) is 43.2 Å². The average Bonchev–Trinajstić information content (AvgIpc) is 3.11. The number of rotatable bonds is 4. The van der Waals surface area contributed by atoms with Gasteiger partial charge in [0.1, 0.15) is 11.4 Å². The second-order valence-corrected chi connectivity index (χ2v) is 9.03. The Balaban J connectivity index is 1.48.